The molecule has 0 fully saturated rings. The molecule has 0 aromatic carbocycles. The highest BCUT2D eigenvalue weighted by Gasteiger charge is 2.21. The SMILES string of the molecule is C=CCOOc1nnnc(OOCC=C)c1OOCC=C. The normalized spacial score (nSPS) is 9.71. The lowest BCUT2D eigenvalue weighted by Crippen LogP contribution is -2.09. The molecule has 0 atom stereocenters. The van der Waals surface area contributed by atoms with Crippen LogP contribution in [0.1, 0.15) is 0 Å². The van der Waals surface area contributed by atoms with Gasteiger partial charge in [0.25, 0.3) is 5.75 Å². The van der Waals surface area contributed by atoms with Crippen LogP contribution in [0.5, 0.6) is 17.5 Å². The highest BCUT2D eigenvalue weighted by atomic mass is 17.2. The first-order valence-electron chi connectivity index (χ1n) is 5.78. The molecule has 1 heterocycles. The van der Waals surface area contributed by atoms with Crippen molar-refractivity contribution in [1.82, 2.24) is 15.4 Å². The Hall–Kier alpha value is -2.49. The fraction of sp³-hybridized carbons (Fsp3) is 0.250. The Balaban J connectivity index is 2.81. The summed E-state index contributed by atoms with van der Waals surface area (Å²) in [5.41, 5.74) is 0. The number of nitrogens with zero attached hydrogens (tertiary/aromatic N) is 3. The van der Waals surface area contributed by atoms with Gasteiger partial charge in [-0.25, -0.2) is 0 Å². The third-order valence-corrected chi connectivity index (χ3v) is 1.64. The first kappa shape index (κ1) is 16.6. The summed E-state index contributed by atoms with van der Waals surface area (Å²) >= 11 is 0. The van der Waals surface area contributed by atoms with Crippen LogP contribution in [0.25, 0.3) is 0 Å². The lowest BCUT2D eigenvalue weighted by molar-refractivity contribution is -0.234. The summed E-state index contributed by atoms with van der Waals surface area (Å²) in [5, 5.41) is 10.6. The second kappa shape index (κ2) is 10.3. The van der Waals surface area contributed by atoms with Crippen LogP contribution in [0.4, 0.5) is 0 Å². The zero-order valence-corrected chi connectivity index (χ0v) is 11.3. The molecule has 0 saturated heterocycles. The molecule has 0 aliphatic heterocycles. The first-order valence-corrected chi connectivity index (χ1v) is 5.78. The molecule has 114 valence electrons. The van der Waals surface area contributed by atoms with Crippen molar-refractivity contribution >= 4 is 0 Å². The molecule has 1 aromatic heterocycles. The smallest absolute Gasteiger partial charge is 0.325 e. The Kier molecular flexibility index (Phi) is 8.14. The van der Waals surface area contributed by atoms with Crippen molar-refractivity contribution in [3.8, 4) is 17.5 Å². The maximum atomic E-state index is 4.97. The maximum absolute atomic E-state index is 4.97. The van der Waals surface area contributed by atoms with Gasteiger partial charge in [0.2, 0.25) is 0 Å². The minimum atomic E-state index is -0.159. The molecule has 0 spiro atoms. The van der Waals surface area contributed by atoms with Crippen LogP contribution in [-0.4, -0.2) is 35.2 Å². The molecular formula is C12H15N3O6. The molecule has 0 saturated carbocycles. The van der Waals surface area contributed by atoms with E-state index in [0.717, 1.165) is 0 Å². The minimum Gasteiger partial charge on any atom is -0.325 e. The lowest BCUT2D eigenvalue weighted by Gasteiger charge is -2.09. The third kappa shape index (κ3) is 5.99. The second-order valence-corrected chi connectivity index (χ2v) is 3.20. The summed E-state index contributed by atoms with van der Waals surface area (Å²) in [6.45, 7) is 10.8. The van der Waals surface area contributed by atoms with Gasteiger partial charge in [-0.05, 0) is 5.21 Å². The number of hydrogen-bond acceptors (Lipinski definition) is 9. The van der Waals surface area contributed by atoms with Crippen molar-refractivity contribution in [2.75, 3.05) is 19.8 Å². The molecule has 0 bridgehead atoms. The van der Waals surface area contributed by atoms with E-state index in [-0.39, 0.29) is 37.3 Å². The van der Waals surface area contributed by atoms with Gasteiger partial charge in [0.05, 0.1) is 0 Å². The van der Waals surface area contributed by atoms with Crippen molar-refractivity contribution < 1.29 is 29.3 Å². The Morgan fingerprint density at radius 3 is 1.57 bits per heavy atom. The summed E-state index contributed by atoms with van der Waals surface area (Å²) in [4.78, 5) is 29.1. The van der Waals surface area contributed by atoms with Gasteiger partial charge in [0, 0.05) is 0 Å². The average molecular weight is 297 g/mol. The predicted octanol–water partition coefficient (Wildman–Crippen LogP) is 1.36. The molecule has 0 aliphatic carbocycles. The fourth-order valence-corrected chi connectivity index (χ4v) is 0.883. The number of rotatable bonds is 12. The van der Waals surface area contributed by atoms with E-state index in [0.29, 0.717) is 0 Å². The summed E-state index contributed by atoms with van der Waals surface area (Å²) in [7, 11) is 0. The van der Waals surface area contributed by atoms with Crippen LogP contribution in [0, 0.1) is 0 Å². The van der Waals surface area contributed by atoms with Gasteiger partial charge >= 0.3 is 11.8 Å². The van der Waals surface area contributed by atoms with E-state index in [2.05, 4.69) is 35.1 Å². The Morgan fingerprint density at radius 2 is 1.14 bits per heavy atom. The van der Waals surface area contributed by atoms with Crippen LogP contribution in [0.15, 0.2) is 38.0 Å². The summed E-state index contributed by atoms with van der Waals surface area (Å²) < 4.78 is 0. The fourth-order valence-electron chi connectivity index (χ4n) is 0.883. The second-order valence-electron chi connectivity index (χ2n) is 3.20. The molecule has 9 nitrogen and oxygen atoms in total. The highest BCUT2D eigenvalue weighted by Crippen LogP contribution is 2.33. The van der Waals surface area contributed by atoms with Crippen molar-refractivity contribution in [2.24, 2.45) is 0 Å². The van der Waals surface area contributed by atoms with Crippen LogP contribution in [0.2, 0.25) is 0 Å². The van der Waals surface area contributed by atoms with Crippen molar-refractivity contribution in [3.05, 3.63) is 38.0 Å². The lowest BCUT2D eigenvalue weighted by atomic mass is 10.6. The zero-order valence-electron chi connectivity index (χ0n) is 11.3. The largest absolute Gasteiger partial charge is 0.328 e. The predicted molar refractivity (Wildman–Crippen MR) is 70.2 cm³/mol. The minimum absolute atomic E-state index is 0.111. The molecule has 0 radical (unpaired) electrons. The maximum Gasteiger partial charge on any atom is 0.328 e. The first-order chi connectivity index (χ1) is 10.3. The Labute approximate surface area is 121 Å². The van der Waals surface area contributed by atoms with Gasteiger partial charge in [-0.3, -0.25) is 0 Å². The molecule has 0 N–H and O–H groups in total. The highest BCUT2D eigenvalue weighted by molar-refractivity contribution is 5.39. The standard InChI is InChI=1S/C12H15N3O6/c1-4-7-16-19-10-11(20-17-8-5-2)13-15-14-12(10)21-18-9-6-3/h4-6H,1-3,7-9H2. The van der Waals surface area contributed by atoms with E-state index >= 15 is 0 Å². The summed E-state index contributed by atoms with van der Waals surface area (Å²) in [6.07, 6.45) is 4.44. The quantitative estimate of drug-likeness (QED) is 0.245. The van der Waals surface area contributed by atoms with Crippen LogP contribution in [0.3, 0.4) is 0 Å². The van der Waals surface area contributed by atoms with E-state index in [9.17, 15) is 0 Å². The molecular weight excluding hydrogens is 282 g/mol. The van der Waals surface area contributed by atoms with E-state index < -0.39 is 0 Å². The van der Waals surface area contributed by atoms with Gasteiger partial charge in [-0.2, -0.15) is 14.7 Å². The van der Waals surface area contributed by atoms with Gasteiger partial charge in [-0.1, -0.05) is 28.4 Å². The van der Waals surface area contributed by atoms with Crippen LogP contribution < -0.4 is 14.7 Å². The molecule has 9 heteroatoms. The van der Waals surface area contributed by atoms with E-state index in [1.165, 1.54) is 18.2 Å². The van der Waals surface area contributed by atoms with Gasteiger partial charge in [0.1, 0.15) is 19.8 Å². The molecule has 0 amide bonds. The summed E-state index contributed by atoms with van der Waals surface area (Å²) in [6, 6.07) is 0. The summed E-state index contributed by atoms with van der Waals surface area (Å²) in [5.74, 6) is -0.429. The van der Waals surface area contributed by atoms with Gasteiger partial charge < -0.3 is 14.7 Å². The van der Waals surface area contributed by atoms with Gasteiger partial charge in [-0.15, -0.1) is 19.7 Å². The topological polar surface area (TPSA) is 94.1 Å². The van der Waals surface area contributed by atoms with E-state index in [1.807, 2.05) is 0 Å². The molecule has 0 aliphatic rings. The zero-order chi connectivity index (χ0) is 15.3. The molecule has 1 rings (SSSR count). The van der Waals surface area contributed by atoms with Crippen LogP contribution >= 0.6 is 0 Å². The van der Waals surface area contributed by atoms with Gasteiger partial charge in [0.15, 0.2) is 0 Å². The van der Waals surface area contributed by atoms with E-state index in [4.69, 9.17) is 29.3 Å². The average Bonchev–Trinajstić information content (AvgIpc) is 2.50. The number of hydrogen-bond donors (Lipinski definition) is 0. The number of aromatic nitrogens is 3. The molecule has 1 aromatic rings. The van der Waals surface area contributed by atoms with Crippen LogP contribution in [-0.2, 0) is 14.7 Å². The Bertz CT molecular complexity index is 436. The van der Waals surface area contributed by atoms with Crippen molar-refractivity contribution in [2.45, 2.75) is 0 Å². The third-order valence-electron chi connectivity index (χ3n) is 1.64. The van der Waals surface area contributed by atoms with Crippen molar-refractivity contribution in [1.29, 1.82) is 0 Å². The van der Waals surface area contributed by atoms with E-state index in [1.54, 1.807) is 0 Å². The molecule has 0 unspecified atom stereocenters. The molecule has 21 heavy (non-hydrogen) atoms. The Morgan fingerprint density at radius 1 is 0.714 bits per heavy atom. The monoisotopic (exact) mass is 297 g/mol. The van der Waals surface area contributed by atoms with Crippen molar-refractivity contribution in [3.63, 3.8) is 0 Å².